The lowest BCUT2D eigenvalue weighted by atomic mass is 10.4. The molecule has 0 amide bonds. The lowest BCUT2D eigenvalue weighted by molar-refractivity contribution is -0.175. The second-order valence-corrected chi connectivity index (χ2v) is 8.28. The lowest BCUT2D eigenvalue weighted by Crippen LogP contribution is -2.64. The van der Waals surface area contributed by atoms with Crippen LogP contribution in [-0.4, -0.2) is 55.0 Å². The molecule has 0 fully saturated rings. The van der Waals surface area contributed by atoms with Crippen molar-refractivity contribution >= 4 is 14.5 Å². The standard InChI is InChI=1S/C14H28O6Si/c1-8-14(16-4,17-5)21(18-6,19-7)11-9-10-20-13(15)12(2)3/h2,8-11H2,1,3-7H3. The van der Waals surface area contributed by atoms with Crippen molar-refractivity contribution < 1.29 is 27.9 Å². The molecule has 0 aliphatic heterocycles. The molecule has 0 radical (unpaired) electrons. The maximum atomic E-state index is 11.3. The summed E-state index contributed by atoms with van der Waals surface area (Å²) in [5, 5.41) is 0. The Morgan fingerprint density at radius 1 is 1.14 bits per heavy atom. The second kappa shape index (κ2) is 9.32. The van der Waals surface area contributed by atoms with Crippen molar-refractivity contribution in [2.45, 2.75) is 38.1 Å². The molecule has 0 N–H and O–H groups in total. The van der Waals surface area contributed by atoms with Crippen molar-refractivity contribution in [3.05, 3.63) is 12.2 Å². The zero-order valence-electron chi connectivity index (χ0n) is 14.0. The van der Waals surface area contributed by atoms with E-state index < -0.39 is 19.9 Å². The molecule has 0 rings (SSSR count). The van der Waals surface area contributed by atoms with E-state index in [-0.39, 0.29) is 6.61 Å². The van der Waals surface area contributed by atoms with Crippen molar-refractivity contribution in [1.29, 1.82) is 0 Å². The minimum atomic E-state index is -2.78. The summed E-state index contributed by atoms with van der Waals surface area (Å²) in [7, 11) is 3.56. The maximum Gasteiger partial charge on any atom is 0.399 e. The number of methoxy groups -OCH3 is 2. The van der Waals surface area contributed by atoms with E-state index in [1.165, 1.54) is 0 Å². The first kappa shape index (κ1) is 20.3. The van der Waals surface area contributed by atoms with Crippen molar-refractivity contribution in [3.63, 3.8) is 0 Å². The molecule has 0 unspecified atom stereocenters. The first-order chi connectivity index (χ1) is 9.88. The molecule has 6 nitrogen and oxygen atoms in total. The number of hydrogen-bond donors (Lipinski definition) is 0. The highest BCUT2D eigenvalue weighted by molar-refractivity contribution is 6.70. The fraction of sp³-hybridized carbons (Fsp3) is 0.786. The average molecular weight is 320 g/mol. The number of esters is 1. The molecule has 0 aromatic rings. The third-order valence-corrected chi connectivity index (χ3v) is 7.85. The number of hydrogen-bond acceptors (Lipinski definition) is 6. The van der Waals surface area contributed by atoms with E-state index >= 15 is 0 Å². The van der Waals surface area contributed by atoms with Gasteiger partial charge in [0.05, 0.1) is 6.61 Å². The van der Waals surface area contributed by atoms with Gasteiger partial charge in [0.1, 0.15) is 0 Å². The van der Waals surface area contributed by atoms with E-state index in [1.807, 2.05) is 6.92 Å². The van der Waals surface area contributed by atoms with Gasteiger partial charge < -0.3 is 23.1 Å². The predicted octanol–water partition coefficient (Wildman–Crippen LogP) is 2.17. The highest BCUT2D eigenvalue weighted by atomic mass is 28.4. The van der Waals surface area contributed by atoms with Crippen molar-refractivity contribution in [3.8, 4) is 0 Å². The van der Waals surface area contributed by atoms with E-state index in [0.29, 0.717) is 24.5 Å². The smallest absolute Gasteiger partial charge is 0.399 e. The van der Waals surface area contributed by atoms with Crippen LogP contribution in [0.2, 0.25) is 6.04 Å². The van der Waals surface area contributed by atoms with Crippen molar-refractivity contribution in [1.82, 2.24) is 0 Å². The van der Waals surface area contributed by atoms with Crippen molar-refractivity contribution in [2.24, 2.45) is 0 Å². The Bertz CT molecular complexity index is 328. The Kier molecular flexibility index (Phi) is 8.99. The molecular formula is C14H28O6Si. The molecule has 21 heavy (non-hydrogen) atoms. The molecule has 0 bridgehead atoms. The van der Waals surface area contributed by atoms with Gasteiger partial charge in [-0.1, -0.05) is 13.5 Å². The molecule has 0 aliphatic carbocycles. The Labute approximate surface area is 128 Å². The van der Waals surface area contributed by atoms with E-state index in [4.69, 9.17) is 23.1 Å². The third kappa shape index (κ3) is 4.62. The molecule has 0 saturated heterocycles. The second-order valence-electron chi connectivity index (χ2n) is 4.70. The van der Waals surface area contributed by atoms with Crippen LogP contribution in [0, 0.1) is 0 Å². The van der Waals surface area contributed by atoms with Gasteiger partial charge in [0.25, 0.3) is 0 Å². The number of carbonyl (C=O) groups is 1. The summed E-state index contributed by atoms with van der Waals surface area (Å²) in [6, 6.07) is 0.582. The average Bonchev–Trinajstić information content (AvgIpc) is 2.50. The van der Waals surface area contributed by atoms with Crippen LogP contribution in [0.1, 0.15) is 26.7 Å². The van der Waals surface area contributed by atoms with Crippen LogP contribution in [-0.2, 0) is 27.9 Å². The summed E-state index contributed by atoms with van der Waals surface area (Å²) in [5.74, 6) is -0.391. The predicted molar refractivity (Wildman–Crippen MR) is 82.0 cm³/mol. The Morgan fingerprint density at radius 2 is 1.67 bits per heavy atom. The summed E-state index contributed by atoms with van der Waals surface area (Å²) < 4.78 is 27.6. The normalized spacial score (nSPS) is 12.3. The Hall–Kier alpha value is -0.733. The van der Waals surface area contributed by atoms with E-state index in [2.05, 4.69) is 6.58 Å². The molecule has 0 atom stereocenters. The highest BCUT2D eigenvalue weighted by Crippen LogP contribution is 2.34. The topological polar surface area (TPSA) is 63.2 Å². The lowest BCUT2D eigenvalue weighted by Gasteiger charge is -2.43. The van der Waals surface area contributed by atoms with Crippen LogP contribution in [0.5, 0.6) is 0 Å². The van der Waals surface area contributed by atoms with E-state index in [1.54, 1.807) is 35.4 Å². The van der Waals surface area contributed by atoms with Gasteiger partial charge in [0, 0.05) is 40.4 Å². The molecule has 0 spiro atoms. The van der Waals surface area contributed by atoms with Gasteiger partial charge in [-0.2, -0.15) is 0 Å². The van der Waals surface area contributed by atoms with Gasteiger partial charge >= 0.3 is 14.5 Å². The van der Waals surface area contributed by atoms with Crippen LogP contribution in [0.4, 0.5) is 0 Å². The largest absolute Gasteiger partial charge is 0.462 e. The minimum absolute atomic E-state index is 0.278. The Morgan fingerprint density at radius 3 is 2.00 bits per heavy atom. The molecular weight excluding hydrogens is 292 g/mol. The summed E-state index contributed by atoms with van der Waals surface area (Å²) >= 11 is 0. The summed E-state index contributed by atoms with van der Waals surface area (Å²) in [5.41, 5.74) is -0.511. The molecule has 0 aliphatic rings. The van der Waals surface area contributed by atoms with Gasteiger partial charge in [-0.3, -0.25) is 0 Å². The third-order valence-electron chi connectivity index (χ3n) is 3.60. The quantitative estimate of drug-likeness (QED) is 0.191. The van der Waals surface area contributed by atoms with Gasteiger partial charge in [-0.25, -0.2) is 4.79 Å². The highest BCUT2D eigenvalue weighted by Gasteiger charge is 2.57. The number of rotatable bonds is 11. The minimum Gasteiger partial charge on any atom is -0.462 e. The van der Waals surface area contributed by atoms with Crippen LogP contribution in [0.3, 0.4) is 0 Å². The van der Waals surface area contributed by atoms with Crippen LogP contribution in [0.15, 0.2) is 12.2 Å². The van der Waals surface area contributed by atoms with E-state index in [0.717, 1.165) is 0 Å². The molecule has 0 saturated carbocycles. The zero-order valence-corrected chi connectivity index (χ0v) is 15.0. The monoisotopic (exact) mass is 320 g/mol. The van der Waals surface area contributed by atoms with Crippen molar-refractivity contribution in [2.75, 3.05) is 35.0 Å². The summed E-state index contributed by atoms with van der Waals surface area (Å²) in [6.07, 6.45) is 1.20. The van der Waals surface area contributed by atoms with Gasteiger partial charge in [-0.15, -0.1) is 0 Å². The SMILES string of the molecule is C=C(C)C(=O)OCCC[Si](OC)(OC)C(CC)(OC)OC. The van der Waals surface area contributed by atoms with Crippen LogP contribution >= 0.6 is 0 Å². The number of carbonyl (C=O) groups excluding carboxylic acids is 1. The molecule has 0 aromatic carbocycles. The van der Waals surface area contributed by atoms with Crippen LogP contribution < -0.4 is 0 Å². The first-order valence-corrected chi connectivity index (χ1v) is 8.94. The molecule has 7 heteroatoms. The zero-order chi connectivity index (χ0) is 16.5. The van der Waals surface area contributed by atoms with Gasteiger partial charge in [0.2, 0.25) is 5.41 Å². The number of ether oxygens (including phenoxy) is 3. The maximum absolute atomic E-state index is 11.3. The van der Waals surface area contributed by atoms with Gasteiger partial charge in [-0.05, 0) is 19.4 Å². The fourth-order valence-corrected chi connectivity index (χ4v) is 5.68. The molecule has 0 heterocycles. The molecule has 0 aromatic heterocycles. The Balaban J connectivity index is 4.82. The van der Waals surface area contributed by atoms with Gasteiger partial charge in [0.15, 0.2) is 0 Å². The fourth-order valence-electron chi connectivity index (χ4n) is 2.33. The summed E-state index contributed by atoms with van der Waals surface area (Å²) in [4.78, 5) is 11.3. The van der Waals surface area contributed by atoms with E-state index in [9.17, 15) is 4.79 Å². The first-order valence-electron chi connectivity index (χ1n) is 6.91. The van der Waals surface area contributed by atoms with Crippen LogP contribution in [0.25, 0.3) is 0 Å². The molecule has 124 valence electrons. The summed E-state index contributed by atoms with van der Waals surface area (Å²) in [6.45, 7) is 7.38.